The van der Waals surface area contributed by atoms with E-state index in [9.17, 15) is 4.79 Å². The van der Waals surface area contributed by atoms with E-state index in [4.69, 9.17) is 4.74 Å². The molecule has 4 aromatic rings. The van der Waals surface area contributed by atoms with Crippen LogP contribution in [0, 0.1) is 0 Å². The third kappa shape index (κ3) is 4.68. The molecule has 0 atom stereocenters. The standard InChI is InChI=1S/C32H35N5O2/c1-5-28(38)37-15-13-22-6-7-24(20-26(22)37)29-30-27(39-21(2)3)12-14-33-32(30)34-31(29)23-8-10-25(11-9-23)36-18-16-35(4)17-19-36/h5-12,14,20-21H,1,13,15-19H2,2-4H3,(H,33,34). The molecule has 39 heavy (non-hydrogen) atoms. The van der Waals surface area contributed by atoms with Crippen LogP contribution in [0.15, 0.2) is 67.4 Å². The van der Waals surface area contributed by atoms with Gasteiger partial charge in [0.05, 0.1) is 17.2 Å². The molecule has 1 fully saturated rings. The molecule has 2 aromatic carbocycles. The van der Waals surface area contributed by atoms with Crippen molar-refractivity contribution in [2.75, 3.05) is 49.6 Å². The predicted octanol–water partition coefficient (Wildman–Crippen LogP) is 5.51. The summed E-state index contributed by atoms with van der Waals surface area (Å²) in [4.78, 5) is 27.5. The van der Waals surface area contributed by atoms with Crippen LogP contribution in [-0.2, 0) is 11.2 Å². The Hall–Kier alpha value is -4.10. The fraction of sp³-hybridized carbons (Fsp3) is 0.312. The monoisotopic (exact) mass is 521 g/mol. The molecule has 1 amide bonds. The highest BCUT2D eigenvalue weighted by atomic mass is 16.5. The first-order valence-corrected chi connectivity index (χ1v) is 13.7. The molecule has 0 aliphatic carbocycles. The van der Waals surface area contributed by atoms with Gasteiger partial charge in [0.2, 0.25) is 5.91 Å². The van der Waals surface area contributed by atoms with Gasteiger partial charge in [-0.3, -0.25) is 4.79 Å². The quantitative estimate of drug-likeness (QED) is 0.339. The van der Waals surface area contributed by atoms with Gasteiger partial charge in [0.1, 0.15) is 11.4 Å². The first-order chi connectivity index (χ1) is 18.9. The van der Waals surface area contributed by atoms with Crippen LogP contribution in [-0.4, -0.2) is 66.7 Å². The summed E-state index contributed by atoms with van der Waals surface area (Å²) in [7, 11) is 2.18. The molecule has 0 unspecified atom stereocenters. The number of aromatic nitrogens is 2. The van der Waals surface area contributed by atoms with Crippen molar-refractivity contribution in [3.05, 3.63) is 72.9 Å². The van der Waals surface area contributed by atoms with Crippen LogP contribution in [0.25, 0.3) is 33.4 Å². The number of pyridine rings is 1. The van der Waals surface area contributed by atoms with Crippen LogP contribution >= 0.6 is 0 Å². The average molecular weight is 522 g/mol. The molecule has 1 N–H and O–H groups in total. The summed E-state index contributed by atoms with van der Waals surface area (Å²) in [6.07, 6.45) is 4.03. The molecule has 7 heteroatoms. The molecule has 0 radical (unpaired) electrons. The first-order valence-electron chi connectivity index (χ1n) is 13.7. The second-order valence-electron chi connectivity index (χ2n) is 10.7. The van der Waals surface area contributed by atoms with Crippen molar-refractivity contribution < 1.29 is 9.53 Å². The molecule has 0 bridgehead atoms. The third-order valence-corrected chi connectivity index (χ3v) is 7.75. The Labute approximate surface area is 229 Å². The molecular weight excluding hydrogens is 486 g/mol. The lowest BCUT2D eigenvalue weighted by Gasteiger charge is -2.34. The van der Waals surface area contributed by atoms with Gasteiger partial charge in [-0.2, -0.15) is 0 Å². The zero-order chi connectivity index (χ0) is 27.1. The molecule has 2 aliphatic rings. The number of anilines is 2. The average Bonchev–Trinajstić information content (AvgIpc) is 3.55. The van der Waals surface area contributed by atoms with Crippen LogP contribution in [0.4, 0.5) is 11.4 Å². The number of carbonyl (C=O) groups excluding carboxylic acids is 1. The number of H-pyrrole nitrogens is 1. The number of carbonyl (C=O) groups is 1. The lowest BCUT2D eigenvalue weighted by Crippen LogP contribution is -2.44. The molecule has 0 saturated carbocycles. The fourth-order valence-corrected chi connectivity index (χ4v) is 5.72. The van der Waals surface area contributed by atoms with Crippen molar-refractivity contribution in [1.29, 1.82) is 0 Å². The summed E-state index contributed by atoms with van der Waals surface area (Å²) < 4.78 is 6.27. The van der Waals surface area contributed by atoms with Crippen LogP contribution < -0.4 is 14.5 Å². The van der Waals surface area contributed by atoms with E-state index in [0.717, 1.165) is 77.5 Å². The summed E-state index contributed by atoms with van der Waals surface area (Å²) in [6, 6.07) is 17.1. The van der Waals surface area contributed by atoms with Gasteiger partial charge in [-0.15, -0.1) is 0 Å². The minimum Gasteiger partial charge on any atom is -0.490 e. The molecular formula is C32H35N5O2. The van der Waals surface area contributed by atoms with Gasteiger partial charge in [-0.05, 0) is 74.3 Å². The van der Waals surface area contributed by atoms with Crippen molar-refractivity contribution >= 4 is 28.3 Å². The number of benzene rings is 2. The lowest BCUT2D eigenvalue weighted by atomic mass is 9.96. The molecule has 6 rings (SSSR count). The van der Waals surface area contributed by atoms with Gasteiger partial charge in [0, 0.05) is 55.9 Å². The normalized spacial score (nSPS) is 15.7. The topological polar surface area (TPSA) is 64.7 Å². The fourth-order valence-electron chi connectivity index (χ4n) is 5.72. The van der Waals surface area contributed by atoms with Gasteiger partial charge >= 0.3 is 0 Å². The molecule has 4 heterocycles. The highest BCUT2D eigenvalue weighted by Gasteiger charge is 2.26. The van der Waals surface area contributed by atoms with Crippen molar-refractivity contribution in [2.45, 2.75) is 26.4 Å². The van der Waals surface area contributed by atoms with E-state index in [2.05, 4.69) is 75.9 Å². The predicted molar refractivity (Wildman–Crippen MR) is 159 cm³/mol. The Morgan fingerprint density at radius 1 is 1.03 bits per heavy atom. The molecule has 1 saturated heterocycles. The second-order valence-corrected chi connectivity index (χ2v) is 10.7. The number of rotatable bonds is 6. The van der Waals surface area contributed by atoms with Gasteiger partial charge in [-0.1, -0.05) is 30.8 Å². The highest BCUT2D eigenvalue weighted by molar-refractivity contribution is 6.07. The van der Waals surface area contributed by atoms with Crippen molar-refractivity contribution in [3.63, 3.8) is 0 Å². The van der Waals surface area contributed by atoms with E-state index >= 15 is 0 Å². The molecule has 0 spiro atoms. The largest absolute Gasteiger partial charge is 0.490 e. The number of nitrogens with zero attached hydrogens (tertiary/aromatic N) is 4. The number of aromatic amines is 1. The SMILES string of the molecule is C=CC(=O)N1CCc2ccc(-c3c(-c4ccc(N5CCN(C)CC5)cc4)[nH]c4nccc(OC(C)C)c34)cc21. The second kappa shape index (κ2) is 10.2. The number of nitrogens with one attached hydrogen (secondary N) is 1. The first kappa shape index (κ1) is 25.2. The van der Waals surface area contributed by atoms with Crippen molar-refractivity contribution in [3.8, 4) is 28.1 Å². The smallest absolute Gasteiger partial charge is 0.250 e. The summed E-state index contributed by atoms with van der Waals surface area (Å²) in [5, 5.41) is 0.948. The zero-order valence-electron chi connectivity index (χ0n) is 22.9. The summed E-state index contributed by atoms with van der Waals surface area (Å²) in [6.45, 7) is 12.6. The van der Waals surface area contributed by atoms with Crippen molar-refractivity contribution in [2.24, 2.45) is 0 Å². The minimum atomic E-state index is -0.0740. The lowest BCUT2D eigenvalue weighted by molar-refractivity contribution is -0.114. The summed E-state index contributed by atoms with van der Waals surface area (Å²) >= 11 is 0. The van der Waals surface area contributed by atoms with E-state index in [1.807, 2.05) is 24.8 Å². The van der Waals surface area contributed by atoms with Crippen LogP contribution in [0.3, 0.4) is 0 Å². The molecule has 2 aliphatic heterocycles. The Morgan fingerprint density at radius 3 is 2.49 bits per heavy atom. The molecule has 7 nitrogen and oxygen atoms in total. The van der Waals surface area contributed by atoms with Gasteiger partial charge < -0.3 is 24.4 Å². The Morgan fingerprint density at radius 2 is 1.77 bits per heavy atom. The van der Waals surface area contributed by atoms with E-state index in [1.54, 1.807) is 6.20 Å². The number of hydrogen-bond acceptors (Lipinski definition) is 5. The summed E-state index contributed by atoms with van der Waals surface area (Å²) in [5.41, 5.74) is 8.24. The van der Waals surface area contributed by atoms with Gasteiger partial charge in [-0.25, -0.2) is 4.98 Å². The summed E-state index contributed by atoms with van der Waals surface area (Å²) in [5.74, 6) is 0.719. The number of ether oxygens (including phenoxy) is 1. The van der Waals surface area contributed by atoms with Crippen molar-refractivity contribution in [1.82, 2.24) is 14.9 Å². The van der Waals surface area contributed by atoms with E-state index in [1.165, 1.54) is 17.3 Å². The third-order valence-electron chi connectivity index (χ3n) is 7.75. The Kier molecular flexibility index (Phi) is 6.61. The molecule has 2 aromatic heterocycles. The number of fused-ring (bicyclic) bond motifs is 2. The van der Waals surface area contributed by atoms with Crippen LogP contribution in [0.5, 0.6) is 5.75 Å². The zero-order valence-corrected chi connectivity index (χ0v) is 22.9. The molecule has 200 valence electrons. The van der Waals surface area contributed by atoms with Gasteiger partial charge in [0.15, 0.2) is 0 Å². The maximum atomic E-state index is 12.6. The maximum Gasteiger partial charge on any atom is 0.250 e. The Balaban J connectivity index is 1.49. The number of amides is 1. The highest BCUT2D eigenvalue weighted by Crippen LogP contribution is 2.44. The van der Waals surface area contributed by atoms with Crippen LogP contribution in [0.2, 0.25) is 0 Å². The maximum absolute atomic E-state index is 12.6. The number of likely N-dealkylation sites (N-methyl/N-ethyl adjacent to an activating group) is 1. The van der Waals surface area contributed by atoms with Crippen LogP contribution in [0.1, 0.15) is 19.4 Å². The van der Waals surface area contributed by atoms with E-state index in [-0.39, 0.29) is 12.0 Å². The van der Waals surface area contributed by atoms with E-state index < -0.39 is 0 Å². The number of piperazine rings is 1. The Bertz CT molecular complexity index is 1530. The van der Waals surface area contributed by atoms with Gasteiger partial charge in [0.25, 0.3) is 0 Å². The van der Waals surface area contributed by atoms with E-state index in [0.29, 0.717) is 6.54 Å². The number of hydrogen-bond donors (Lipinski definition) is 1. The minimum absolute atomic E-state index is 0.0189.